The molecule has 2 unspecified atom stereocenters. The number of aromatic nitrogens is 1. The molecule has 1 amide bonds. The number of benzene rings is 1. The van der Waals surface area contributed by atoms with Crippen LogP contribution in [0.3, 0.4) is 0 Å². The fraction of sp³-hybridized carbons (Fsp3) is 0.579. The Hall–Kier alpha value is -2.28. The molecule has 2 bridgehead atoms. The van der Waals surface area contributed by atoms with Crippen molar-refractivity contribution in [1.29, 1.82) is 0 Å². The van der Waals surface area contributed by atoms with Gasteiger partial charge in [-0.15, -0.1) is 0 Å². The number of oxazole rings is 1. The topological polar surface area (TPSA) is 68.0 Å². The number of anilines is 1. The molecule has 2 aliphatic rings. The number of rotatable bonds is 1. The zero-order valence-electron chi connectivity index (χ0n) is 15.7. The number of amides is 1. The van der Waals surface area contributed by atoms with Gasteiger partial charge in [0.15, 0.2) is 11.5 Å². The van der Waals surface area contributed by atoms with Crippen molar-refractivity contribution >= 4 is 22.9 Å². The molecule has 3 heterocycles. The minimum absolute atomic E-state index is 0.0234. The molecule has 0 aliphatic carbocycles. The quantitative estimate of drug-likeness (QED) is 0.780. The third-order valence-corrected chi connectivity index (χ3v) is 4.58. The zero-order valence-corrected chi connectivity index (χ0v) is 15.7. The van der Waals surface area contributed by atoms with Gasteiger partial charge in [-0.25, -0.2) is 9.78 Å². The van der Waals surface area contributed by atoms with E-state index >= 15 is 0 Å². The molecule has 2 atom stereocenters. The number of hydrogen-bond donors (Lipinski definition) is 0. The third kappa shape index (κ3) is 3.49. The van der Waals surface area contributed by atoms with E-state index in [9.17, 15) is 4.79 Å². The fourth-order valence-electron chi connectivity index (χ4n) is 3.61. The molecule has 1 aromatic heterocycles. The molecule has 0 N–H and O–H groups in total. The number of fused-ring (bicyclic) bond motifs is 3. The molecule has 7 nitrogen and oxygen atoms in total. The maximum atomic E-state index is 12.4. The van der Waals surface area contributed by atoms with Crippen LogP contribution in [0.5, 0.6) is 0 Å². The lowest BCUT2D eigenvalue weighted by atomic mass is 10.1. The van der Waals surface area contributed by atoms with E-state index in [1.165, 1.54) is 0 Å². The Morgan fingerprint density at radius 3 is 2.54 bits per heavy atom. The van der Waals surface area contributed by atoms with Crippen LogP contribution >= 0.6 is 0 Å². The first-order valence-electron chi connectivity index (χ1n) is 9.02. The van der Waals surface area contributed by atoms with E-state index in [2.05, 4.69) is 22.0 Å². The average Bonchev–Trinajstić information content (AvgIpc) is 2.91. The van der Waals surface area contributed by atoms with Gasteiger partial charge in [-0.2, -0.15) is 0 Å². The van der Waals surface area contributed by atoms with Crippen LogP contribution in [-0.4, -0.2) is 60.0 Å². The van der Waals surface area contributed by atoms with Gasteiger partial charge in [0, 0.05) is 25.7 Å². The molecule has 1 aromatic carbocycles. The van der Waals surface area contributed by atoms with Gasteiger partial charge >= 0.3 is 6.09 Å². The Bertz CT molecular complexity index is 812. The van der Waals surface area contributed by atoms with Crippen LogP contribution in [0.25, 0.3) is 11.1 Å². The summed E-state index contributed by atoms with van der Waals surface area (Å²) in [7, 11) is 0. The number of nitrogens with zero attached hydrogens (tertiary/aromatic N) is 3. The SMILES string of the molecule is Cc1nc2cc(N3CC4CN(C(=O)OC(C)(C)C)CC(C3)O4)ccc2o1. The van der Waals surface area contributed by atoms with Crippen LogP contribution in [0.15, 0.2) is 22.6 Å². The number of hydrogen-bond acceptors (Lipinski definition) is 6. The zero-order chi connectivity index (χ0) is 18.5. The molecule has 140 valence electrons. The van der Waals surface area contributed by atoms with Crippen LogP contribution in [0.4, 0.5) is 10.5 Å². The fourth-order valence-corrected chi connectivity index (χ4v) is 3.61. The highest BCUT2D eigenvalue weighted by molar-refractivity contribution is 5.77. The molecule has 26 heavy (non-hydrogen) atoms. The van der Waals surface area contributed by atoms with Crippen molar-refractivity contribution in [2.45, 2.75) is 45.5 Å². The van der Waals surface area contributed by atoms with Crippen LogP contribution < -0.4 is 4.90 Å². The predicted molar refractivity (Wildman–Crippen MR) is 97.4 cm³/mol. The first-order chi connectivity index (χ1) is 12.3. The van der Waals surface area contributed by atoms with E-state index in [-0.39, 0.29) is 18.3 Å². The maximum absolute atomic E-state index is 12.4. The number of ether oxygens (including phenoxy) is 2. The molecule has 2 aliphatic heterocycles. The minimum atomic E-state index is -0.484. The molecular weight excluding hydrogens is 334 g/mol. The van der Waals surface area contributed by atoms with E-state index < -0.39 is 5.60 Å². The highest BCUT2D eigenvalue weighted by Gasteiger charge is 2.38. The van der Waals surface area contributed by atoms with Crippen molar-refractivity contribution < 1.29 is 18.7 Å². The summed E-state index contributed by atoms with van der Waals surface area (Å²) in [5, 5.41) is 0. The molecule has 0 saturated carbocycles. The molecule has 2 aromatic rings. The molecule has 0 spiro atoms. The number of carbonyl (C=O) groups is 1. The van der Waals surface area contributed by atoms with Crippen molar-refractivity contribution in [3.8, 4) is 0 Å². The van der Waals surface area contributed by atoms with E-state index in [0.29, 0.717) is 19.0 Å². The summed E-state index contributed by atoms with van der Waals surface area (Å²) in [5.41, 5.74) is 2.29. The second kappa shape index (κ2) is 6.16. The van der Waals surface area contributed by atoms with Gasteiger partial charge in [0.2, 0.25) is 0 Å². The largest absolute Gasteiger partial charge is 0.444 e. The van der Waals surface area contributed by atoms with E-state index in [4.69, 9.17) is 13.9 Å². The summed E-state index contributed by atoms with van der Waals surface area (Å²) in [6, 6.07) is 6.07. The summed E-state index contributed by atoms with van der Waals surface area (Å²) < 4.78 is 17.1. The lowest BCUT2D eigenvalue weighted by molar-refractivity contribution is -0.0949. The Morgan fingerprint density at radius 1 is 1.19 bits per heavy atom. The van der Waals surface area contributed by atoms with Gasteiger partial charge in [0.1, 0.15) is 11.1 Å². The Morgan fingerprint density at radius 2 is 1.88 bits per heavy atom. The van der Waals surface area contributed by atoms with Gasteiger partial charge in [0.25, 0.3) is 0 Å². The van der Waals surface area contributed by atoms with Crippen LogP contribution in [0.2, 0.25) is 0 Å². The number of carbonyl (C=O) groups excluding carboxylic acids is 1. The smallest absolute Gasteiger partial charge is 0.410 e. The van der Waals surface area contributed by atoms with Gasteiger partial charge in [-0.3, -0.25) is 0 Å². The molecule has 7 heteroatoms. The lowest BCUT2D eigenvalue weighted by Gasteiger charge is -2.46. The monoisotopic (exact) mass is 359 g/mol. The third-order valence-electron chi connectivity index (χ3n) is 4.58. The Kier molecular flexibility index (Phi) is 4.06. The van der Waals surface area contributed by atoms with Crippen molar-refractivity contribution in [1.82, 2.24) is 9.88 Å². The Labute approximate surface area is 152 Å². The normalized spacial score (nSPS) is 23.4. The second-order valence-electron chi connectivity index (χ2n) is 8.06. The van der Waals surface area contributed by atoms with Gasteiger partial charge in [0.05, 0.1) is 25.3 Å². The van der Waals surface area contributed by atoms with Crippen molar-refractivity contribution in [2.75, 3.05) is 31.1 Å². The first-order valence-corrected chi connectivity index (χ1v) is 9.02. The van der Waals surface area contributed by atoms with Crippen LogP contribution in [0, 0.1) is 6.92 Å². The predicted octanol–water partition coefficient (Wildman–Crippen LogP) is 2.96. The van der Waals surface area contributed by atoms with Crippen molar-refractivity contribution in [2.24, 2.45) is 0 Å². The molecule has 2 fully saturated rings. The summed E-state index contributed by atoms with van der Waals surface area (Å²) >= 11 is 0. The molecule has 4 rings (SSSR count). The van der Waals surface area contributed by atoms with E-state index in [0.717, 1.165) is 29.9 Å². The standard InChI is InChI=1S/C19H25N3O4/c1-12-20-16-7-13(5-6-17(16)24-12)21-8-14-10-22(11-15(9-21)25-14)18(23)26-19(2,3)4/h5-7,14-15H,8-11H2,1-4H3. The lowest BCUT2D eigenvalue weighted by Crippen LogP contribution is -2.61. The maximum Gasteiger partial charge on any atom is 0.410 e. The molecule has 2 saturated heterocycles. The van der Waals surface area contributed by atoms with Crippen molar-refractivity contribution in [3.05, 3.63) is 24.1 Å². The summed E-state index contributed by atoms with van der Waals surface area (Å²) in [6.07, 6.45) is -0.307. The van der Waals surface area contributed by atoms with Gasteiger partial charge in [-0.05, 0) is 39.0 Å². The first kappa shape index (κ1) is 17.1. The minimum Gasteiger partial charge on any atom is -0.444 e. The molecule has 0 radical (unpaired) electrons. The van der Waals surface area contributed by atoms with Crippen LogP contribution in [-0.2, 0) is 9.47 Å². The van der Waals surface area contributed by atoms with E-state index in [1.54, 1.807) is 4.90 Å². The second-order valence-corrected chi connectivity index (χ2v) is 8.06. The Balaban J connectivity index is 1.46. The number of morpholine rings is 2. The van der Waals surface area contributed by atoms with Gasteiger partial charge in [-0.1, -0.05) is 0 Å². The van der Waals surface area contributed by atoms with Gasteiger partial charge < -0.3 is 23.7 Å². The van der Waals surface area contributed by atoms with E-state index in [1.807, 2.05) is 33.8 Å². The van der Waals surface area contributed by atoms with Crippen LogP contribution in [0.1, 0.15) is 26.7 Å². The summed E-state index contributed by atoms with van der Waals surface area (Å²) in [6.45, 7) is 10.1. The summed E-state index contributed by atoms with van der Waals surface area (Å²) in [5.74, 6) is 0.670. The average molecular weight is 359 g/mol. The highest BCUT2D eigenvalue weighted by atomic mass is 16.6. The molecular formula is C19H25N3O4. The number of aryl methyl sites for hydroxylation is 1. The summed E-state index contributed by atoms with van der Waals surface area (Å²) in [4.78, 5) is 20.8. The van der Waals surface area contributed by atoms with Crippen molar-refractivity contribution in [3.63, 3.8) is 0 Å². The highest BCUT2D eigenvalue weighted by Crippen LogP contribution is 2.28.